The molecule has 1 aliphatic heterocycles. The summed E-state index contributed by atoms with van der Waals surface area (Å²) in [6.45, 7) is 0.403. The Morgan fingerprint density at radius 3 is 2.62 bits per heavy atom. The van der Waals surface area contributed by atoms with E-state index >= 15 is 0 Å². The molecule has 0 radical (unpaired) electrons. The number of rotatable bonds is 7. The van der Waals surface area contributed by atoms with Gasteiger partial charge < -0.3 is 23.7 Å². The van der Waals surface area contributed by atoms with Crippen molar-refractivity contribution in [2.24, 2.45) is 0 Å². The summed E-state index contributed by atoms with van der Waals surface area (Å²) in [5.41, 5.74) is 0.587. The van der Waals surface area contributed by atoms with E-state index in [1.807, 2.05) is 12.1 Å². The summed E-state index contributed by atoms with van der Waals surface area (Å²) >= 11 is 1.34. The van der Waals surface area contributed by atoms with Crippen molar-refractivity contribution < 1.29 is 33.4 Å². The average Bonchev–Trinajstić information content (AvgIpc) is 3.29. The molecule has 11 heteroatoms. The van der Waals surface area contributed by atoms with Crippen molar-refractivity contribution in [2.75, 3.05) is 27.4 Å². The van der Waals surface area contributed by atoms with Crippen LogP contribution in [0, 0.1) is 10.1 Å². The highest BCUT2D eigenvalue weighted by atomic mass is 32.1. The van der Waals surface area contributed by atoms with Gasteiger partial charge in [0.05, 0.1) is 36.5 Å². The Morgan fingerprint density at radius 2 is 1.94 bits per heavy atom. The minimum Gasteiger partial charge on any atom is -0.493 e. The molecule has 10 nitrogen and oxygen atoms in total. The third kappa shape index (κ3) is 4.14. The molecule has 0 saturated carbocycles. The number of aromatic nitrogens is 1. The third-order valence-corrected chi connectivity index (χ3v) is 5.54. The van der Waals surface area contributed by atoms with Gasteiger partial charge in [-0.3, -0.25) is 10.1 Å². The van der Waals surface area contributed by atoms with Crippen LogP contribution >= 0.6 is 11.3 Å². The molecule has 0 spiro atoms. The van der Waals surface area contributed by atoms with Crippen molar-refractivity contribution >= 4 is 23.0 Å². The number of nitro groups is 1. The zero-order chi connectivity index (χ0) is 22.7. The summed E-state index contributed by atoms with van der Waals surface area (Å²) in [7, 11) is 3.09. The van der Waals surface area contributed by atoms with E-state index in [0.717, 1.165) is 5.56 Å². The van der Waals surface area contributed by atoms with Crippen molar-refractivity contribution in [3.05, 3.63) is 57.1 Å². The molecule has 0 bridgehead atoms. The minimum atomic E-state index is -0.859. The Bertz CT molecular complexity index is 1180. The molecular formula is C21H18N2O8S. The first-order chi connectivity index (χ1) is 15.5. The molecule has 0 saturated heterocycles. The predicted octanol–water partition coefficient (Wildman–Crippen LogP) is 3.86. The van der Waals surface area contributed by atoms with Crippen LogP contribution in [-0.4, -0.2) is 43.3 Å². The van der Waals surface area contributed by atoms with Crippen LogP contribution in [0.25, 0.3) is 10.6 Å². The second-order valence-electron chi connectivity index (χ2n) is 6.53. The van der Waals surface area contributed by atoms with E-state index in [9.17, 15) is 14.9 Å². The Morgan fingerprint density at radius 1 is 1.19 bits per heavy atom. The highest BCUT2D eigenvalue weighted by molar-refractivity contribution is 7.13. The van der Waals surface area contributed by atoms with Crippen molar-refractivity contribution in [1.29, 1.82) is 0 Å². The Hall–Kier alpha value is -3.86. The number of nitrogens with zero attached hydrogens (tertiary/aromatic N) is 2. The average molecular weight is 458 g/mol. The number of carbonyl (C=O) groups is 1. The van der Waals surface area contributed by atoms with Gasteiger partial charge >= 0.3 is 5.97 Å². The van der Waals surface area contributed by atoms with Crippen LogP contribution < -0.4 is 18.9 Å². The van der Waals surface area contributed by atoms with Gasteiger partial charge in [-0.25, -0.2) is 9.78 Å². The predicted molar refractivity (Wildman–Crippen MR) is 114 cm³/mol. The first-order valence-electron chi connectivity index (χ1n) is 9.42. The largest absolute Gasteiger partial charge is 0.493 e. The number of methoxy groups -OCH3 is 2. The molecule has 4 rings (SSSR count). The molecule has 2 aromatic carbocycles. The van der Waals surface area contributed by atoms with Crippen LogP contribution in [0.15, 0.2) is 35.7 Å². The van der Waals surface area contributed by atoms with Crippen LogP contribution in [0.2, 0.25) is 0 Å². The molecule has 0 aliphatic carbocycles. The standard InChI is InChI=1S/C21H18N2O8S/c1-27-16-5-3-4-13(19(16)28-2)20-22-12(11-32-20)10-31-21(24)14-8-17-18(30-7-6-29-17)9-15(14)23(25)26/h3-5,8-9,11H,6-7,10H2,1-2H3. The molecular weight excluding hydrogens is 440 g/mol. The summed E-state index contributed by atoms with van der Waals surface area (Å²) < 4.78 is 26.8. The van der Waals surface area contributed by atoms with Crippen LogP contribution in [0.3, 0.4) is 0 Å². The van der Waals surface area contributed by atoms with Crippen molar-refractivity contribution in [1.82, 2.24) is 4.98 Å². The van der Waals surface area contributed by atoms with E-state index in [0.29, 0.717) is 22.2 Å². The highest BCUT2D eigenvalue weighted by Crippen LogP contribution is 2.39. The van der Waals surface area contributed by atoms with Gasteiger partial charge in [-0.15, -0.1) is 11.3 Å². The molecule has 32 heavy (non-hydrogen) atoms. The lowest BCUT2D eigenvalue weighted by Crippen LogP contribution is -2.17. The molecule has 0 fully saturated rings. The van der Waals surface area contributed by atoms with Gasteiger partial charge in [0.15, 0.2) is 23.0 Å². The Balaban J connectivity index is 1.53. The number of nitro benzene ring substituents is 1. The molecule has 0 unspecified atom stereocenters. The lowest BCUT2D eigenvalue weighted by atomic mass is 10.1. The monoisotopic (exact) mass is 458 g/mol. The molecule has 0 atom stereocenters. The van der Waals surface area contributed by atoms with E-state index in [2.05, 4.69) is 4.98 Å². The Kier molecular flexibility index (Phi) is 6.08. The molecule has 2 heterocycles. The van der Waals surface area contributed by atoms with Crippen LogP contribution in [0.5, 0.6) is 23.0 Å². The van der Waals surface area contributed by atoms with Gasteiger partial charge in [-0.05, 0) is 12.1 Å². The van der Waals surface area contributed by atoms with Gasteiger partial charge in [0.2, 0.25) is 0 Å². The van der Waals surface area contributed by atoms with Crippen LogP contribution in [-0.2, 0) is 11.3 Å². The molecule has 1 aromatic heterocycles. The van der Waals surface area contributed by atoms with Gasteiger partial charge in [-0.2, -0.15) is 0 Å². The number of hydrogen-bond donors (Lipinski definition) is 0. The number of para-hydroxylation sites is 1. The third-order valence-electron chi connectivity index (χ3n) is 4.61. The lowest BCUT2D eigenvalue weighted by Gasteiger charge is -2.18. The summed E-state index contributed by atoms with van der Waals surface area (Å²) in [4.78, 5) is 27.9. The fraction of sp³-hybridized carbons (Fsp3) is 0.238. The minimum absolute atomic E-state index is 0.160. The van der Waals surface area contributed by atoms with Crippen molar-refractivity contribution in [2.45, 2.75) is 6.61 Å². The van der Waals surface area contributed by atoms with Crippen LogP contribution in [0.4, 0.5) is 5.69 Å². The first-order valence-corrected chi connectivity index (χ1v) is 10.3. The van der Waals surface area contributed by atoms with Crippen molar-refractivity contribution in [3.8, 4) is 33.6 Å². The molecule has 166 valence electrons. The molecule has 0 amide bonds. The van der Waals surface area contributed by atoms with E-state index in [1.54, 1.807) is 18.6 Å². The zero-order valence-electron chi connectivity index (χ0n) is 17.2. The van der Waals surface area contributed by atoms with E-state index in [-0.39, 0.29) is 36.9 Å². The Labute approximate surface area is 186 Å². The van der Waals surface area contributed by atoms with Gasteiger partial charge in [0.1, 0.15) is 30.4 Å². The zero-order valence-corrected chi connectivity index (χ0v) is 18.0. The summed E-state index contributed by atoms with van der Waals surface area (Å²) in [6.07, 6.45) is 0. The van der Waals surface area contributed by atoms with E-state index in [4.69, 9.17) is 23.7 Å². The maximum atomic E-state index is 12.6. The fourth-order valence-corrected chi connectivity index (χ4v) is 3.99. The fourth-order valence-electron chi connectivity index (χ4n) is 3.16. The number of ether oxygens (including phenoxy) is 5. The summed E-state index contributed by atoms with van der Waals surface area (Å²) in [6, 6.07) is 7.87. The number of esters is 1. The highest BCUT2D eigenvalue weighted by Gasteiger charge is 2.27. The summed E-state index contributed by atoms with van der Waals surface area (Å²) in [5.74, 6) is 0.729. The maximum absolute atomic E-state index is 12.6. The topological polar surface area (TPSA) is 119 Å². The van der Waals surface area contributed by atoms with E-state index < -0.39 is 16.6 Å². The number of hydrogen-bond acceptors (Lipinski definition) is 10. The quantitative estimate of drug-likeness (QED) is 0.295. The SMILES string of the molecule is COc1cccc(-c2nc(COC(=O)c3cc4c(cc3[N+](=O)[O-])OCCO4)cs2)c1OC. The maximum Gasteiger partial charge on any atom is 0.345 e. The number of carbonyl (C=O) groups excluding carboxylic acids is 1. The molecule has 0 N–H and O–H groups in total. The van der Waals surface area contributed by atoms with Gasteiger partial charge in [0, 0.05) is 11.4 Å². The normalized spacial score (nSPS) is 12.2. The first kappa shape index (κ1) is 21.4. The van der Waals surface area contributed by atoms with Gasteiger partial charge in [-0.1, -0.05) is 6.07 Å². The smallest absolute Gasteiger partial charge is 0.345 e. The van der Waals surface area contributed by atoms with Crippen molar-refractivity contribution in [3.63, 3.8) is 0 Å². The summed E-state index contributed by atoms with van der Waals surface area (Å²) in [5, 5.41) is 13.8. The van der Waals surface area contributed by atoms with Gasteiger partial charge in [0.25, 0.3) is 5.69 Å². The molecule has 1 aliphatic rings. The number of fused-ring (bicyclic) bond motifs is 1. The molecule has 3 aromatic rings. The number of thiazole rings is 1. The van der Waals surface area contributed by atoms with Crippen LogP contribution in [0.1, 0.15) is 16.1 Å². The van der Waals surface area contributed by atoms with E-state index in [1.165, 1.54) is 30.6 Å². The second-order valence-corrected chi connectivity index (χ2v) is 7.39. The second kappa shape index (κ2) is 9.10. The lowest BCUT2D eigenvalue weighted by molar-refractivity contribution is -0.385. The number of benzene rings is 2.